The van der Waals surface area contributed by atoms with Crippen molar-refractivity contribution in [2.24, 2.45) is 5.10 Å². The van der Waals surface area contributed by atoms with E-state index in [-0.39, 0.29) is 5.75 Å². The Balaban J connectivity index is 1.68. The first-order chi connectivity index (χ1) is 12.2. The highest BCUT2D eigenvalue weighted by Gasteiger charge is 2.05. The van der Waals surface area contributed by atoms with Crippen molar-refractivity contribution < 1.29 is 9.84 Å². The Labute approximate surface area is 150 Å². The van der Waals surface area contributed by atoms with Crippen LogP contribution >= 0.6 is 11.8 Å². The number of phenols is 1. The second-order valence-corrected chi connectivity index (χ2v) is 6.35. The van der Waals surface area contributed by atoms with Crippen molar-refractivity contribution in [3.63, 3.8) is 0 Å². The summed E-state index contributed by atoms with van der Waals surface area (Å²) in [6.45, 7) is 2.07. The van der Waals surface area contributed by atoms with Gasteiger partial charge in [0, 0.05) is 5.75 Å². The molecule has 0 aliphatic carbocycles. The Morgan fingerprint density at radius 3 is 2.76 bits per heavy atom. The lowest BCUT2D eigenvalue weighted by Gasteiger charge is -2.04. The second-order valence-electron chi connectivity index (χ2n) is 5.41. The molecule has 25 heavy (non-hydrogen) atoms. The van der Waals surface area contributed by atoms with E-state index >= 15 is 0 Å². The molecule has 0 aliphatic heterocycles. The summed E-state index contributed by atoms with van der Waals surface area (Å²) in [6, 6.07) is 13.5. The van der Waals surface area contributed by atoms with Gasteiger partial charge in [0.1, 0.15) is 6.33 Å². The van der Waals surface area contributed by atoms with Crippen molar-refractivity contribution in [3.05, 3.63) is 65.5 Å². The number of methoxy groups -OCH3 is 1. The van der Waals surface area contributed by atoms with Gasteiger partial charge < -0.3 is 9.84 Å². The minimum atomic E-state index is 0.0733. The fraction of sp³-hybridized carbons (Fsp3) is 0.167. The van der Waals surface area contributed by atoms with Gasteiger partial charge in [-0.1, -0.05) is 41.6 Å². The first kappa shape index (κ1) is 17.0. The van der Waals surface area contributed by atoms with Gasteiger partial charge >= 0.3 is 0 Å². The molecule has 0 spiro atoms. The molecule has 3 rings (SSSR count). The largest absolute Gasteiger partial charge is 0.504 e. The van der Waals surface area contributed by atoms with Crippen LogP contribution in [0.25, 0.3) is 0 Å². The van der Waals surface area contributed by atoms with Crippen LogP contribution in [0.5, 0.6) is 11.5 Å². The van der Waals surface area contributed by atoms with Gasteiger partial charge in [-0.3, -0.25) is 0 Å². The number of aryl methyl sites for hydroxylation is 1. The average Bonchev–Trinajstić information content (AvgIpc) is 3.07. The maximum Gasteiger partial charge on any atom is 0.212 e. The Morgan fingerprint density at radius 1 is 1.24 bits per heavy atom. The van der Waals surface area contributed by atoms with Crippen LogP contribution in [0, 0.1) is 6.92 Å². The predicted molar refractivity (Wildman–Crippen MR) is 98.4 cm³/mol. The molecule has 128 valence electrons. The minimum Gasteiger partial charge on any atom is -0.504 e. The number of aromatic nitrogens is 3. The molecular formula is C18H18N4O2S. The molecule has 0 aliphatic rings. The van der Waals surface area contributed by atoms with Gasteiger partial charge in [0.05, 0.1) is 13.3 Å². The number of aromatic hydroxyl groups is 1. The van der Waals surface area contributed by atoms with Gasteiger partial charge in [0.2, 0.25) is 5.16 Å². The van der Waals surface area contributed by atoms with Crippen LogP contribution in [-0.2, 0) is 5.75 Å². The Bertz CT molecular complexity index is 875. The summed E-state index contributed by atoms with van der Waals surface area (Å²) in [5.74, 6) is 1.29. The lowest BCUT2D eigenvalue weighted by molar-refractivity contribution is 0.373. The van der Waals surface area contributed by atoms with Gasteiger partial charge in [-0.15, -0.1) is 10.2 Å². The highest BCUT2D eigenvalue weighted by atomic mass is 32.2. The van der Waals surface area contributed by atoms with E-state index in [1.54, 1.807) is 41.1 Å². The Hall–Kier alpha value is -2.80. The smallest absolute Gasteiger partial charge is 0.212 e. The van der Waals surface area contributed by atoms with Gasteiger partial charge in [-0.2, -0.15) is 9.78 Å². The van der Waals surface area contributed by atoms with Crippen molar-refractivity contribution in [2.75, 3.05) is 7.11 Å². The summed E-state index contributed by atoms with van der Waals surface area (Å²) >= 11 is 1.56. The molecule has 2 aromatic carbocycles. The highest BCUT2D eigenvalue weighted by molar-refractivity contribution is 7.98. The van der Waals surface area contributed by atoms with Crippen LogP contribution in [0.1, 0.15) is 16.7 Å². The van der Waals surface area contributed by atoms with E-state index in [9.17, 15) is 5.11 Å². The molecule has 0 saturated heterocycles. The zero-order valence-electron chi connectivity index (χ0n) is 14.0. The van der Waals surface area contributed by atoms with Crippen molar-refractivity contribution in [1.82, 2.24) is 14.9 Å². The zero-order valence-corrected chi connectivity index (χ0v) is 14.8. The van der Waals surface area contributed by atoms with Gasteiger partial charge in [0.25, 0.3) is 0 Å². The fourth-order valence-corrected chi connectivity index (χ4v) is 2.96. The molecule has 1 heterocycles. The van der Waals surface area contributed by atoms with Crippen LogP contribution in [0.4, 0.5) is 0 Å². The average molecular weight is 354 g/mol. The first-order valence-corrected chi connectivity index (χ1v) is 8.64. The molecule has 0 radical (unpaired) electrons. The monoisotopic (exact) mass is 354 g/mol. The molecule has 6 nitrogen and oxygen atoms in total. The second kappa shape index (κ2) is 7.85. The van der Waals surface area contributed by atoms with E-state index in [0.29, 0.717) is 10.9 Å². The number of phenolic OH excluding ortho intramolecular Hbond substituents is 1. The predicted octanol–water partition coefficient (Wildman–Crippen LogP) is 3.48. The first-order valence-electron chi connectivity index (χ1n) is 7.65. The van der Waals surface area contributed by atoms with Gasteiger partial charge in [-0.05, 0) is 36.2 Å². The van der Waals surface area contributed by atoms with Crippen LogP contribution in [0.3, 0.4) is 0 Å². The van der Waals surface area contributed by atoms with E-state index in [0.717, 1.165) is 11.3 Å². The Kier molecular flexibility index (Phi) is 5.35. The summed E-state index contributed by atoms with van der Waals surface area (Å²) < 4.78 is 6.64. The third-order valence-electron chi connectivity index (χ3n) is 3.52. The van der Waals surface area contributed by atoms with Crippen molar-refractivity contribution in [1.29, 1.82) is 0 Å². The number of benzene rings is 2. The number of rotatable bonds is 6. The summed E-state index contributed by atoms with van der Waals surface area (Å²) in [5, 5.41) is 22.9. The number of ether oxygens (including phenoxy) is 1. The normalized spacial score (nSPS) is 11.1. The molecule has 7 heteroatoms. The molecule has 1 aromatic heterocycles. The van der Waals surface area contributed by atoms with E-state index in [4.69, 9.17) is 4.74 Å². The van der Waals surface area contributed by atoms with E-state index in [1.165, 1.54) is 18.2 Å². The Morgan fingerprint density at radius 2 is 2.04 bits per heavy atom. The summed E-state index contributed by atoms with van der Waals surface area (Å²) in [4.78, 5) is 0. The molecule has 0 amide bonds. The third kappa shape index (κ3) is 4.39. The molecule has 0 saturated carbocycles. The molecule has 1 N–H and O–H groups in total. The van der Waals surface area contributed by atoms with Crippen LogP contribution < -0.4 is 4.74 Å². The van der Waals surface area contributed by atoms with Crippen molar-refractivity contribution >= 4 is 18.0 Å². The van der Waals surface area contributed by atoms with Gasteiger partial charge in [0.15, 0.2) is 11.5 Å². The van der Waals surface area contributed by atoms with Crippen LogP contribution in [0.15, 0.2) is 59.0 Å². The van der Waals surface area contributed by atoms with E-state index in [1.807, 2.05) is 6.07 Å². The molecular weight excluding hydrogens is 336 g/mol. The summed E-state index contributed by atoms with van der Waals surface area (Å²) in [7, 11) is 1.51. The standard InChI is InChI=1S/C18H18N4O2S/c1-13-3-5-14(6-4-13)11-25-18-21-19-12-22(18)20-10-15-7-8-17(24-2)16(23)9-15/h3-10,12,23H,11H2,1-2H3. The quantitative estimate of drug-likeness (QED) is 0.542. The minimum absolute atomic E-state index is 0.0733. The molecule has 0 bridgehead atoms. The number of thioether (sulfide) groups is 1. The number of hydrogen-bond acceptors (Lipinski definition) is 6. The third-order valence-corrected chi connectivity index (χ3v) is 4.53. The van der Waals surface area contributed by atoms with Crippen LogP contribution in [0.2, 0.25) is 0 Å². The highest BCUT2D eigenvalue weighted by Crippen LogP contribution is 2.25. The fourth-order valence-electron chi connectivity index (χ4n) is 2.14. The van der Waals surface area contributed by atoms with Crippen molar-refractivity contribution in [3.8, 4) is 11.5 Å². The lowest BCUT2D eigenvalue weighted by atomic mass is 10.2. The van der Waals surface area contributed by atoms with E-state index in [2.05, 4.69) is 46.5 Å². The maximum absolute atomic E-state index is 9.81. The molecule has 3 aromatic rings. The lowest BCUT2D eigenvalue weighted by Crippen LogP contribution is -1.93. The van der Waals surface area contributed by atoms with E-state index < -0.39 is 0 Å². The topological polar surface area (TPSA) is 72.5 Å². The number of hydrogen-bond donors (Lipinski definition) is 1. The molecule has 0 atom stereocenters. The summed E-state index contributed by atoms with van der Waals surface area (Å²) in [6.07, 6.45) is 3.19. The van der Waals surface area contributed by atoms with Crippen LogP contribution in [-0.4, -0.2) is 33.3 Å². The maximum atomic E-state index is 9.81. The zero-order chi connectivity index (χ0) is 17.6. The number of nitrogens with zero attached hydrogens (tertiary/aromatic N) is 4. The van der Waals surface area contributed by atoms with Crippen molar-refractivity contribution in [2.45, 2.75) is 17.8 Å². The molecule has 0 unspecified atom stereocenters. The SMILES string of the molecule is COc1ccc(C=Nn2cnnc2SCc2ccc(C)cc2)cc1O. The summed E-state index contributed by atoms with van der Waals surface area (Å²) in [5.41, 5.74) is 3.21. The molecule has 0 fully saturated rings. The van der Waals surface area contributed by atoms with Gasteiger partial charge in [-0.25, -0.2) is 0 Å².